The molecule has 0 saturated heterocycles. The van der Waals surface area contributed by atoms with E-state index in [4.69, 9.17) is 11.6 Å². The molecule has 1 aromatic carbocycles. The third kappa shape index (κ3) is 3.34. The largest absolute Gasteiger partial charge is 0.295 e. The van der Waals surface area contributed by atoms with Crippen LogP contribution in [0, 0.1) is 10.1 Å². The highest BCUT2D eigenvalue weighted by molar-refractivity contribution is 7.99. The SMILES string of the molecule is CC(=O)c1ccc(Sc2ccc(Cl)cn2)c([N+](=O)[O-])c1. The number of nitro benzene ring substituents is 1. The van der Waals surface area contributed by atoms with Gasteiger partial charge in [0.25, 0.3) is 5.69 Å². The first-order chi connectivity index (χ1) is 9.47. The third-order valence-corrected chi connectivity index (χ3v) is 3.72. The van der Waals surface area contributed by atoms with Gasteiger partial charge in [0.05, 0.1) is 14.8 Å². The molecular weight excluding hydrogens is 300 g/mol. The standard InChI is InChI=1S/C13H9ClN2O3S/c1-8(17)9-2-4-12(11(6-9)16(18)19)20-13-5-3-10(14)7-15-13/h2-7H,1H3. The van der Waals surface area contributed by atoms with Crippen molar-refractivity contribution in [1.82, 2.24) is 4.98 Å². The average Bonchev–Trinajstić information content (AvgIpc) is 2.41. The Kier molecular flexibility index (Phi) is 4.36. The Morgan fingerprint density at radius 3 is 2.65 bits per heavy atom. The number of halogens is 1. The van der Waals surface area contributed by atoms with Crippen LogP contribution in [0.2, 0.25) is 5.02 Å². The van der Waals surface area contributed by atoms with E-state index in [2.05, 4.69) is 4.98 Å². The van der Waals surface area contributed by atoms with Crippen molar-refractivity contribution in [2.45, 2.75) is 16.8 Å². The molecule has 0 unspecified atom stereocenters. The number of aromatic nitrogens is 1. The third-order valence-electron chi connectivity index (χ3n) is 2.48. The highest BCUT2D eigenvalue weighted by Gasteiger charge is 2.17. The molecule has 2 rings (SSSR count). The zero-order chi connectivity index (χ0) is 14.7. The first kappa shape index (κ1) is 14.5. The first-order valence-electron chi connectivity index (χ1n) is 5.56. The summed E-state index contributed by atoms with van der Waals surface area (Å²) in [5.74, 6) is -0.214. The average molecular weight is 309 g/mol. The molecule has 7 heteroatoms. The maximum absolute atomic E-state index is 11.3. The lowest BCUT2D eigenvalue weighted by atomic mass is 10.1. The van der Waals surface area contributed by atoms with E-state index in [0.29, 0.717) is 20.5 Å². The summed E-state index contributed by atoms with van der Waals surface area (Å²) < 4.78 is 0. The van der Waals surface area contributed by atoms with E-state index < -0.39 is 4.92 Å². The van der Waals surface area contributed by atoms with E-state index in [1.807, 2.05) is 0 Å². The number of Topliss-reactive ketones (excluding diaryl/α,β-unsaturated/α-hetero) is 1. The molecule has 102 valence electrons. The van der Waals surface area contributed by atoms with Gasteiger partial charge in [0.2, 0.25) is 0 Å². The van der Waals surface area contributed by atoms with Crippen LogP contribution in [0.4, 0.5) is 5.69 Å². The molecule has 20 heavy (non-hydrogen) atoms. The van der Waals surface area contributed by atoms with Gasteiger partial charge in [-0.2, -0.15) is 0 Å². The monoisotopic (exact) mass is 308 g/mol. The second kappa shape index (κ2) is 6.02. The molecule has 0 fully saturated rings. The van der Waals surface area contributed by atoms with Crippen LogP contribution in [0.25, 0.3) is 0 Å². The number of hydrogen-bond donors (Lipinski definition) is 0. The Morgan fingerprint density at radius 1 is 1.35 bits per heavy atom. The van der Waals surface area contributed by atoms with Crippen molar-refractivity contribution >= 4 is 34.8 Å². The predicted octanol–water partition coefficient (Wildman–Crippen LogP) is 4.00. The lowest BCUT2D eigenvalue weighted by Crippen LogP contribution is -1.97. The van der Waals surface area contributed by atoms with Gasteiger partial charge in [-0.15, -0.1) is 0 Å². The molecule has 1 aromatic heterocycles. The Labute approximate surface area is 124 Å². The summed E-state index contributed by atoms with van der Waals surface area (Å²) in [5.41, 5.74) is 0.199. The van der Waals surface area contributed by atoms with Crippen molar-refractivity contribution in [3.05, 3.63) is 57.2 Å². The van der Waals surface area contributed by atoms with Crippen LogP contribution < -0.4 is 0 Å². The minimum absolute atomic E-state index is 0.112. The van der Waals surface area contributed by atoms with Crippen molar-refractivity contribution < 1.29 is 9.72 Å². The van der Waals surface area contributed by atoms with Gasteiger partial charge in [0.15, 0.2) is 5.78 Å². The molecule has 0 radical (unpaired) electrons. The summed E-state index contributed by atoms with van der Waals surface area (Å²) in [7, 11) is 0. The summed E-state index contributed by atoms with van der Waals surface area (Å²) in [5, 5.41) is 12.2. The summed E-state index contributed by atoms with van der Waals surface area (Å²) >= 11 is 6.88. The molecule has 0 spiro atoms. The van der Waals surface area contributed by atoms with Crippen molar-refractivity contribution in [2.24, 2.45) is 0 Å². The number of hydrogen-bond acceptors (Lipinski definition) is 5. The van der Waals surface area contributed by atoms with Gasteiger partial charge in [0.1, 0.15) is 5.03 Å². The van der Waals surface area contributed by atoms with Crippen LogP contribution in [0.3, 0.4) is 0 Å². The molecule has 2 aromatic rings. The summed E-state index contributed by atoms with van der Waals surface area (Å²) in [6.45, 7) is 1.37. The number of rotatable bonds is 4. The molecule has 0 saturated carbocycles. The molecular formula is C13H9ClN2O3S. The van der Waals surface area contributed by atoms with Gasteiger partial charge >= 0.3 is 0 Å². The number of nitrogens with zero attached hydrogens (tertiary/aromatic N) is 2. The Morgan fingerprint density at radius 2 is 2.10 bits per heavy atom. The maximum atomic E-state index is 11.3. The minimum Gasteiger partial charge on any atom is -0.295 e. The highest BCUT2D eigenvalue weighted by Crippen LogP contribution is 2.34. The molecule has 0 bridgehead atoms. The molecule has 0 aliphatic heterocycles. The van der Waals surface area contributed by atoms with E-state index in [1.54, 1.807) is 24.3 Å². The van der Waals surface area contributed by atoms with Crippen molar-refractivity contribution in [1.29, 1.82) is 0 Å². The van der Waals surface area contributed by atoms with E-state index >= 15 is 0 Å². The predicted molar refractivity (Wildman–Crippen MR) is 76.5 cm³/mol. The fraction of sp³-hybridized carbons (Fsp3) is 0.0769. The highest BCUT2D eigenvalue weighted by atomic mass is 35.5. The van der Waals surface area contributed by atoms with Crippen LogP contribution in [0.15, 0.2) is 46.5 Å². The maximum Gasteiger partial charge on any atom is 0.284 e. The number of pyridine rings is 1. The van der Waals surface area contributed by atoms with Crippen LogP contribution >= 0.6 is 23.4 Å². The summed E-state index contributed by atoms with van der Waals surface area (Å²) in [6, 6.07) is 7.73. The second-order valence-electron chi connectivity index (χ2n) is 3.91. The normalized spacial score (nSPS) is 10.3. The molecule has 1 heterocycles. The molecule has 0 N–H and O–H groups in total. The van der Waals surface area contributed by atoms with Crippen LogP contribution in [-0.2, 0) is 0 Å². The van der Waals surface area contributed by atoms with E-state index in [0.717, 1.165) is 11.8 Å². The molecule has 0 aliphatic rings. The Hall–Kier alpha value is -1.92. The number of ketones is 1. The number of carbonyl (C=O) groups is 1. The fourth-order valence-corrected chi connectivity index (χ4v) is 2.45. The van der Waals surface area contributed by atoms with Crippen LogP contribution in [0.5, 0.6) is 0 Å². The number of benzene rings is 1. The summed E-state index contributed by atoms with van der Waals surface area (Å²) in [4.78, 5) is 26.3. The zero-order valence-electron chi connectivity index (χ0n) is 10.4. The lowest BCUT2D eigenvalue weighted by Gasteiger charge is -2.04. The van der Waals surface area contributed by atoms with Gasteiger partial charge in [-0.05, 0) is 31.2 Å². The van der Waals surface area contributed by atoms with E-state index in [-0.39, 0.29) is 11.5 Å². The van der Waals surface area contributed by atoms with Crippen molar-refractivity contribution in [3.63, 3.8) is 0 Å². The van der Waals surface area contributed by atoms with E-state index in [9.17, 15) is 14.9 Å². The smallest absolute Gasteiger partial charge is 0.284 e. The lowest BCUT2D eigenvalue weighted by molar-refractivity contribution is -0.387. The quantitative estimate of drug-likeness (QED) is 0.485. The Bertz CT molecular complexity index is 674. The molecule has 0 aliphatic carbocycles. The van der Waals surface area contributed by atoms with Crippen molar-refractivity contribution in [3.8, 4) is 0 Å². The van der Waals surface area contributed by atoms with Crippen LogP contribution in [0.1, 0.15) is 17.3 Å². The minimum atomic E-state index is -0.509. The first-order valence-corrected chi connectivity index (χ1v) is 6.75. The molecule has 0 amide bonds. The summed E-state index contributed by atoms with van der Waals surface area (Å²) in [6.07, 6.45) is 1.47. The van der Waals surface area contributed by atoms with Gasteiger partial charge in [0, 0.05) is 17.8 Å². The fourth-order valence-electron chi connectivity index (χ4n) is 1.50. The molecule has 5 nitrogen and oxygen atoms in total. The topological polar surface area (TPSA) is 73.1 Å². The Balaban J connectivity index is 2.38. The number of carbonyl (C=O) groups excluding carboxylic acids is 1. The second-order valence-corrected chi connectivity index (χ2v) is 5.41. The zero-order valence-corrected chi connectivity index (χ0v) is 11.9. The molecule has 0 atom stereocenters. The van der Waals surface area contributed by atoms with Gasteiger partial charge in [-0.1, -0.05) is 23.4 Å². The number of nitro groups is 1. The van der Waals surface area contributed by atoms with Gasteiger partial charge < -0.3 is 0 Å². The van der Waals surface area contributed by atoms with Crippen molar-refractivity contribution in [2.75, 3.05) is 0 Å². The van der Waals surface area contributed by atoms with E-state index in [1.165, 1.54) is 19.2 Å². The van der Waals surface area contributed by atoms with Crippen LogP contribution in [-0.4, -0.2) is 15.7 Å². The van der Waals surface area contributed by atoms with Gasteiger partial charge in [-0.3, -0.25) is 14.9 Å². The van der Waals surface area contributed by atoms with Gasteiger partial charge in [-0.25, -0.2) is 4.98 Å².